The molecule has 224 valence electrons. The maximum absolute atomic E-state index is 8.19. The van der Waals surface area contributed by atoms with E-state index in [1.807, 2.05) is 0 Å². The quantitative estimate of drug-likeness (QED) is 0.113. The Morgan fingerprint density at radius 1 is 0.545 bits per heavy atom. The summed E-state index contributed by atoms with van der Waals surface area (Å²) in [5.41, 5.74) is 15.8. The van der Waals surface area contributed by atoms with E-state index in [2.05, 4.69) is 125 Å². The molecule has 0 saturated carbocycles. The Labute approximate surface area is 295 Å². The molecule has 0 radical (unpaired) electrons. The Bertz CT molecular complexity index is 1580. The molecule has 2 unspecified atom stereocenters. The molecule has 0 heterocycles. The number of alkyl halides is 2. The maximum atomic E-state index is 8.19. The van der Waals surface area contributed by atoms with Crippen molar-refractivity contribution in [3.05, 3.63) is 130 Å². The number of unbranched alkanes of at least 4 members (excludes halogenated alkanes) is 2. The SMILES string of the molecule is CCCCC1=C(C)c2c(-c3ccccc3)cccc2C1(Cl)[SiH2]C1(Cl)C(CCCC)=C(C)c2c(-c3ccccc3)cccc21.[Zr]. The van der Waals surface area contributed by atoms with Gasteiger partial charge in [-0.15, -0.1) is 23.2 Å². The molecule has 4 aromatic carbocycles. The van der Waals surface area contributed by atoms with E-state index in [1.165, 1.54) is 66.8 Å². The first kappa shape index (κ1) is 33.4. The van der Waals surface area contributed by atoms with Gasteiger partial charge in [-0.05, 0) is 106 Å². The van der Waals surface area contributed by atoms with E-state index >= 15 is 0 Å². The average Bonchev–Trinajstić information content (AvgIpc) is 3.38. The monoisotopic (exact) mass is 710 g/mol. The van der Waals surface area contributed by atoms with Gasteiger partial charge < -0.3 is 0 Å². The zero-order chi connectivity index (χ0) is 30.2. The van der Waals surface area contributed by atoms with Crippen molar-refractivity contribution in [1.29, 1.82) is 0 Å². The van der Waals surface area contributed by atoms with Gasteiger partial charge in [0.1, 0.15) is 0 Å². The summed E-state index contributed by atoms with van der Waals surface area (Å²) in [4.78, 5) is 0. The van der Waals surface area contributed by atoms with Crippen LogP contribution >= 0.6 is 23.2 Å². The molecule has 0 bridgehead atoms. The largest absolute Gasteiger partial charge is 0.114 e. The van der Waals surface area contributed by atoms with Gasteiger partial charge in [0.25, 0.3) is 0 Å². The van der Waals surface area contributed by atoms with Gasteiger partial charge in [0.05, 0.1) is 18.5 Å². The van der Waals surface area contributed by atoms with Crippen LogP contribution in [-0.2, 0) is 35.2 Å². The summed E-state index contributed by atoms with van der Waals surface area (Å²) in [6.45, 7) is 9.17. The van der Waals surface area contributed by atoms with Crippen molar-refractivity contribution >= 4 is 43.9 Å². The van der Waals surface area contributed by atoms with Crippen molar-refractivity contribution in [2.24, 2.45) is 0 Å². The zero-order valence-corrected chi connectivity index (χ0v) is 31.8. The van der Waals surface area contributed by atoms with Crippen molar-refractivity contribution in [2.75, 3.05) is 0 Å². The van der Waals surface area contributed by atoms with Gasteiger partial charge in [-0.2, -0.15) is 0 Å². The van der Waals surface area contributed by atoms with Crippen LogP contribution in [0.3, 0.4) is 0 Å². The van der Waals surface area contributed by atoms with Crippen molar-refractivity contribution < 1.29 is 26.2 Å². The fraction of sp³-hybridized carbons (Fsp3) is 0.300. The molecule has 44 heavy (non-hydrogen) atoms. The average molecular weight is 713 g/mol. The second-order valence-corrected chi connectivity index (χ2v) is 17.0. The molecule has 2 aliphatic rings. The molecule has 2 aliphatic carbocycles. The maximum Gasteiger partial charge on any atom is 0.0923 e. The molecule has 2 atom stereocenters. The number of allylic oxidation sites excluding steroid dienone is 4. The third kappa shape index (κ3) is 5.64. The normalized spacial score (nSPS) is 20.8. The molecular weight excluding hydrogens is 671 g/mol. The molecule has 0 fully saturated rings. The summed E-state index contributed by atoms with van der Waals surface area (Å²) in [5, 5.41) is 0. The van der Waals surface area contributed by atoms with Gasteiger partial charge in [0.2, 0.25) is 0 Å². The van der Waals surface area contributed by atoms with Crippen LogP contribution in [0, 0.1) is 0 Å². The Morgan fingerprint density at radius 3 is 1.30 bits per heavy atom. The molecule has 0 aliphatic heterocycles. The standard InChI is InChI=1S/C40H42Cl2Si.Zr/c1-5-7-23-33-27(3)37-31(29-17-11-9-12-18-29)21-15-25-35(37)39(33,41)43-40(42)34(24-8-6-2)28(4)38-32(22-16-26-36(38)40)30-19-13-10-14-20-30;/h9-22,25-26H,5-8,23-24,43H2,1-4H3;. The molecule has 6 rings (SSSR count). The summed E-state index contributed by atoms with van der Waals surface area (Å²) in [5.74, 6) is 0. The number of benzene rings is 4. The molecule has 4 heteroatoms. The van der Waals surface area contributed by atoms with Crippen LogP contribution in [0.4, 0.5) is 0 Å². The van der Waals surface area contributed by atoms with Crippen LogP contribution in [0.5, 0.6) is 0 Å². The zero-order valence-electron chi connectivity index (χ0n) is 26.4. The summed E-state index contributed by atoms with van der Waals surface area (Å²) < 4.78 is -1.10. The van der Waals surface area contributed by atoms with Crippen LogP contribution in [0.15, 0.2) is 108 Å². The van der Waals surface area contributed by atoms with Crippen molar-refractivity contribution in [3.8, 4) is 22.3 Å². The molecule has 4 aromatic rings. The van der Waals surface area contributed by atoms with Gasteiger partial charge in [-0.25, -0.2) is 0 Å². The van der Waals surface area contributed by atoms with Crippen LogP contribution in [0.1, 0.15) is 88.5 Å². The van der Waals surface area contributed by atoms with Crippen LogP contribution in [0.2, 0.25) is 0 Å². The van der Waals surface area contributed by atoms with Gasteiger partial charge in [-0.3, -0.25) is 0 Å². The molecule has 0 amide bonds. The molecule has 0 N–H and O–H groups in total. The fourth-order valence-electron chi connectivity index (χ4n) is 7.73. The van der Waals surface area contributed by atoms with Crippen LogP contribution in [0.25, 0.3) is 33.4 Å². The molecular formula is C40H42Cl2SiZr. The van der Waals surface area contributed by atoms with Gasteiger partial charge >= 0.3 is 0 Å². The number of hydrogen-bond donors (Lipinski definition) is 0. The number of rotatable bonds is 10. The van der Waals surface area contributed by atoms with Gasteiger partial charge in [-0.1, -0.05) is 124 Å². The Kier molecular flexibility index (Phi) is 10.5. The van der Waals surface area contributed by atoms with Crippen molar-refractivity contribution in [1.82, 2.24) is 0 Å². The van der Waals surface area contributed by atoms with Gasteiger partial charge in [0, 0.05) is 26.2 Å². The Morgan fingerprint density at radius 2 is 0.932 bits per heavy atom. The minimum Gasteiger partial charge on any atom is -0.114 e. The first-order chi connectivity index (χ1) is 20.8. The first-order valence-electron chi connectivity index (χ1n) is 16.0. The minimum absolute atomic E-state index is 0. The predicted molar refractivity (Wildman–Crippen MR) is 192 cm³/mol. The second kappa shape index (κ2) is 13.8. The van der Waals surface area contributed by atoms with E-state index in [1.54, 1.807) is 0 Å². The van der Waals surface area contributed by atoms with E-state index in [4.69, 9.17) is 23.2 Å². The van der Waals surface area contributed by atoms with E-state index in [-0.39, 0.29) is 26.2 Å². The van der Waals surface area contributed by atoms with Crippen LogP contribution in [-0.4, -0.2) is 9.52 Å². The third-order valence-electron chi connectivity index (χ3n) is 9.81. The summed E-state index contributed by atoms with van der Waals surface area (Å²) in [7, 11) is -1.24. The Hall–Kier alpha value is -1.96. The second-order valence-electron chi connectivity index (χ2n) is 12.4. The smallest absolute Gasteiger partial charge is 0.0923 e. The van der Waals surface area contributed by atoms with Gasteiger partial charge in [0.15, 0.2) is 0 Å². The fourth-order valence-corrected chi connectivity index (χ4v) is 12.9. The van der Waals surface area contributed by atoms with Crippen LogP contribution < -0.4 is 0 Å². The van der Waals surface area contributed by atoms with E-state index in [0.717, 1.165) is 38.5 Å². The van der Waals surface area contributed by atoms with Crippen molar-refractivity contribution in [2.45, 2.75) is 75.2 Å². The first-order valence-corrected chi connectivity index (χ1v) is 18.2. The third-order valence-corrected chi connectivity index (χ3v) is 14.1. The summed E-state index contributed by atoms with van der Waals surface area (Å²) in [6.07, 6.45) is 6.57. The van der Waals surface area contributed by atoms with E-state index in [9.17, 15) is 0 Å². The Balaban J connectivity index is 0.00000384. The number of hydrogen-bond acceptors (Lipinski definition) is 0. The predicted octanol–water partition coefficient (Wildman–Crippen LogP) is 11.6. The molecule has 0 nitrogen and oxygen atoms in total. The van der Waals surface area contributed by atoms with E-state index < -0.39 is 18.5 Å². The van der Waals surface area contributed by atoms with E-state index in [0.29, 0.717) is 0 Å². The minimum atomic E-state index is -1.24. The topological polar surface area (TPSA) is 0 Å². The molecule has 0 spiro atoms. The number of fused-ring (bicyclic) bond motifs is 2. The molecule has 0 aromatic heterocycles. The number of halogens is 2. The summed E-state index contributed by atoms with van der Waals surface area (Å²) in [6, 6.07) is 35.1. The van der Waals surface area contributed by atoms with Crippen molar-refractivity contribution in [3.63, 3.8) is 0 Å². The summed E-state index contributed by atoms with van der Waals surface area (Å²) >= 11 is 16.4. The molecule has 0 saturated heterocycles.